The van der Waals surface area contributed by atoms with E-state index >= 15 is 0 Å². The summed E-state index contributed by atoms with van der Waals surface area (Å²) in [5.41, 5.74) is 10.9. The molecule has 2 aliphatic rings. The number of primary amides is 2. The van der Waals surface area contributed by atoms with Gasteiger partial charge in [0, 0.05) is 43.4 Å². The van der Waals surface area contributed by atoms with E-state index in [1.807, 2.05) is 0 Å². The highest BCUT2D eigenvalue weighted by molar-refractivity contribution is 6.17. The Balaban J connectivity index is 1.77. The van der Waals surface area contributed by atoms with Crippen molar-refractivity contribution in [1.82, 2.24) is 15.1 Å². The van der Waals surface area contributed by atoms with Crippen molar-refractivity contribution in [2.45, 2.75) is 63.3 Å². The van der Waals surface area contributed by atoms with Gasteiger partial charge in [-0.2, -0.15) is 0 Å². The number of urea groups is 1. The van der Waals surface area contributed by atoms with E-state index in [9.17, 15) is 28.8 Å². The number of halogens is 1. The van der Waals surface area contributed by atoms with E-state index in [0.717, 1.165) is 10.5 Å². The predicted molar refractivity (Wildman–Crippen MR) is 152 cm³/mol. The number of carbonyl (C=O) groups excluding carboxylic acids is 6. The van der Waals surface area contributed by atoms with Crippen LogP contribution < -0.4 is 22.1 Å². The minimum Gasteiger partial charge on any atom is -0.369 e. The van der Waals surface area contributed by atoms with E-state index < -0.39 is 35.2 Å². The van der Waals surface area contributed by atoms with Gasteiger partial charge in [-0.3, -0.25) is 28.9 Å². The van der Waals surface area contributed by atoms with Crippen LogP contribution in [0.3, 0.4) is 0 Å². The second-order valence-corrected chi connectivity index (χ2v) is 10.6. The van der Waals surface area contributed by atoms with Gasteiger partial charge in [-0.25, -0.2) is 4.79 Å². The van der Waals surface area contributed by atoms with Crippen LogP contribution in [0, 0.1) is 5.41 Å². The fourth-order valence-corrected chi connectivity index (χ4v) is 5.17. The summed E-state index contributed by atoms with van der Waals surface area (Å²) in [6.07, 6.45) is 5.78. The van der Waals surface area contributed by atoms with Crippen LogP contribution in [0.2, 0.25) is 0 Å². The first-order chi connectivity index (χ1) is 19.6. The summed E-state index contributed by atoms with van der Waals surface area (Å²) in [6.45, 7) is 0.587. The maximum Gasteiger partial charge on any atom is 0.312 e. The number of alkyl halides is 1. The topological polar surface area (TPSA) is 185 Å². The standard InChI is InChI=1S/C28H37ClN6O6/c29-18-19-7-9-20(10-8-19)33-24(38)21(6-4-15-32-27(31)41)34(26(40)28(25(30)39)13-5-14-28)16-2-1-3-17-35-22(36)11-12-23(35)37/h7-12,21H,1-6,13-18H2,(H2,30,39)(H,33,38)(H3,31,32,41)/t21-/m0/s1. The molecule has 0 aromatic heterocycles. The molecule has 0 radical (unpaired) electrons. The lowest BCUT2D eigenvalue weighted by molar-refractivity contribution is -0.159. The maximum atomic E-state index is 13.9. The number of benzene rings is 1. The Morgan fingerprint density at radius 1 is 0.976 bits per heavy atom. The quantitative estimate of drug-likeness (QED) is 0.0986. The van der Waals surface area contributed by atoms with Gasteiger partial charge < -0.3 is 27.0 Å². The lowest BCUT2D eigenvalue weighted by Gasteiger charge is -2.43. The molecule has 3 rings (SSSR count). The lowest BCUT2D eigenvalue weighted by Crippen LogP contribution is -2.59. The Hall–Kier alpha value is -3.93. The van der Waals surface area contributed by atoms with Crippen LogP contribution in [-0.2, 0) is 29.9 Å². The van der Waals surface area contributed by atoms with Crippen LogP contribution in [0.1, 0.15) is 56.9 Å². The second kappa shape index (κ2) is 14.6. The van der Waals surface area contributed by atoms with Gasteiger partial charge in [0.2, 0.25) is 17.7 Å². The number of imide groups is 1. The SMILES string of the molecule is NC(=O)NCCC[C@@H](C(=O)Nc1ccc(CCl)cc1)N(CCCCCN1C(=O)C=CC1=O)C(=O)C1(C(N)=O)CCC1. The summed E-state index contributed by atoms with van der Waals surface area (Å²) >= 11 is 5.87. The first-order valence-corrected chi connectivity index (χ1v) is 14.3. The number of carbonyl (C=O) groups is 6. The lowest BCUT2D eigenvalue weighted by atomic mass is 9.67. The summed E-state index contributed by atoms with van der Waals surface area (Å²) in [7, 11) is 0. The van der Waals surface area contributed by atoms with Gasteiger partial charge in [-0.1, -0.05) is 18.6 Å². The number of hydrogen-bond donors (Lipinski definition) is 4. The monoisotopic (exact) mass is 588 g/mol. The smallest absolute Gasteiger partial charge is 0.312 e. The number of nitrogens with two attached hydrogens (primary N) is 2. The average molecular weight is 589 g/mol. The molecule has 12 nitrogen and oxygen atoms in total. The predicted octanol–water partition coefficient (Wildman–Crippen LogP) is 1.76. The molecule has 1 saturated carbocycles. The van der Waals surface area contributed by atoms with Crippen LogP contribution in [0.4, 0.5) is 10.5 Å². The Morgan fingerprint density at radius 3 is 2.17 bits per heavy atom. The Morgan fingerprint density at radius 2 is 1.63 bits per heavy atom. The maximum absolute atomic E-state index is 13.9. The fraction of sp³-hybridized carbons (Fsp3) is 0.500. The molecule has 1 heterocycles. The Kier molecular flexibility index (Phi) is 11.3. The van der Waals surface area contributed by atoms with Crippen LogP contribution in [0.5, 0.6) is 0 Å². The van der Waals surface area contributed by atoms with Crippen LogP contribution in [0.15, 0.2) is 36.4 Å². The summed E-state index contributed by atoms with van der Waals surface area (Å²) in [5.74, 6) is -2.07. The van der Waals surface area contributed by atoms with Gasteiger partial charge in [-0.15, -0.1) is 11.6 Å². The molecule has 1 atom stereocenters. The van der Waals surface area contributed by atoms with Crippen molar-refractivity contribution in [2.24, 2.45) is 16.9 Å². The van der Waals surface area contributed by atoms with E-state index in [0.29, 0.717) is 56.5 Å². The molecule has 13 heteroatoms. The molecule has 6 N–H and O–H groups in total. The van der Waals surface area contributed by atoms with Crippen molar-refractivity contribution < 1.29 is 28.8 Å². The number of amides is 7. The van der Waals surface area contributed by atoms with Gasteiger partial charge in [0.1, 0.15) is 11.5 Å². The van der Waals surface area contributed by atoms with E-state index in [2.05, 4.69) is 10.6 Å². The second-order valence-electron chi connectivity index (χ2n) is 10.3. The minimum absolute atomic E-state index is 0.153. The van der Waals surface area contributed by atoms with Gasteiger partial charge in [0.25, 0.3) is 11.8 Å². The zero-order chi connectivity index (χ0) is 30.0. The van der Waals surface area contributed by atoms with Crippen LogP contribution in [0.25, 0.3) is 0 Å². The van der Waals surface area contributed by atoms with Crippen molar-refractivity contribution in [3.8, 4) is 0 Å². The van der Waals surface area contributed by atoms with E-state index in [-0.39, 0.29) is 37.9 Å². The van der Waals surface area contributed by atoms with E-state index in [4.69, 9.17) is 23.1 Å². The third-order valence-electron chi connectivity index (χ3n) is 7.54. The molecule has 1 aromatic rings. The van der Waals surface area contributed by atoms with Crippen molar-refractivity contribution in [3.05, 3.63) is 42.0 Å². The summed E-state index contributed by atoms with van der Waals surface area (Å²) < 4.78 is 0. The molecular formula is C28H37ClN6O6. The molecule has 7 amide bonds. The molecule has 0 unspecified atom stereocenters. The third kappa shape index (κ3) is 8.06. The zero-order valence-corrected chi connectivity index (χ0v) is 23.7. The third-order valence-corrected chi connectivity index (χ3v) is 7.85. The van der Waals surface area contributed by atoms with Gasteiger partial charge in [0.05, 0.1) is 0 Å². The molecular weight excluding hydrogens is 552 g/mol. The minimum atomic E-state index is -1.37. The molecule has 1 aliphatic heterocycles. The number of nitrogens with zero attached hydrogens (tertiary/aromatic N) is 2. The van der Waals surface area contributed by atoms with Crippen molar-refractivity contribution in [1.29, 1.82) is 0 Å². The van der Waals surface area contributed by atoms with Crippen molar-refractivity contribution >= 4 is 52.9 Å². The van der Waals surface area contributed by atoms with E-state index in [1.54, 1.807) is 24.3 Å². The van der Waals surface area contributed by atoms with Gasteiger partial charge in [-0.05, 0) is 62.6 Å². The molecule has 1 aromatic carbocycles. The number of anilines is 1. The highest BCUT2D eigenvalue weighted by Crippen LogP contribution is 2.43. The largest absolute Gasteiger partial charge is 0.369 e. The Bertz CT molecular complexity index is 1170. The Labute approximate surface area is 243 Å². The summed E-state index contributed by atoms with van der Waals surface area (Å²) in [5, 5.41) is 5.34. The van der Waals surface area contributed by atoms with Crippen molar-refractivity contribution in [3.63, 3.8) is 0 Å². The molecule has 41 heavy (non-hydrogen) atoms. The number of nitrogens with one attached hydrogen (secondary N) is 2. The van der Waals surface area contributed by atoms with Gasteiger partial charge >= 0.3 is 6.03 Å². The molecule has 0 spiro atoms. The van der Waals surface area contributed by atoms with Crippen LogP contribution in [-0.4, -0.2) is 71.0 Å². The number of rotatable bonds is 16. The highest BCUT2D eigenvalue weighted by atomic mass is 35.5. The summed E-state index contributed by atoms with van der Waals surface area (Å²) in [6, 6.07) is 5.30. The normalized spacial score (nSPS) is 16.2. The average Bonchev–Trinajstić information content (AvgIpc) is 3.22. The molecule has 222 valence electrons. The first-order valence-electron chi connectivity index (χ1n) is 13.7. The number of unbranched alkanes of at least 4 members (excludes halogenated alkanes) is 2. The van der Waals surface area contributed by atoms with Crippen molar-refractivity contribution in [2.75, 3.05) is 25.0 Å². The molecule has 1 aliphatic carbocycles. The van der Waals surface area contributed by atoms with Gasteiger partial charge in [0.15, 0.2) is 0 Å². The first kappa shape index (κ1) is 31.6. The van der Waals surface area contributed by atoms with E-state index in [1.165, 1.54) is 17.1 Å². The zero-order valence-electron chi connectivity index (χ0n) is 22.9. The highest BCUT2D eigenvalue weighted by Gasteiger charge is 2.52. The molecule has 1 fully saturated rings. The number of hydrogen-bond acceptors (Lipinski definition) is 6. The van der Waals surface area contributed by atoms with Crippen LogP contribution >= 0.6 is 11.6 Å². The molecule has 0 saturated heterocycles. The fourth-order valence-electron chi connectivity index (χ4n) is 4.99. The summed E-state index contributed by atoms with van der Waals surface area (Å²) in [4.78, 5) is 77.3. The molecule has 0 bridgehead atoms.